The summed E-state index contributed by atoms with van der Waals surface area (Å²) in [7, 11) is 0. The van der Waals surface area contributed by atoms with E-state index in [9.17, 15) is 22.8 Å². The summed E-state index contributed by atoms with van der Waals surface area (Å²) in [6.45, 7) is 0.859. The Bertz CT molecular complexity index is 1220. The molecule has 1 atom stereocenters. The molecule has 3 aromatic rings. The van der Waals surface area contributed by atoms with Gasteiger partial charge in [-0.25, -0.2) is 13.2 Å². The first kappa shape index (κ1) is 20.6. The normalized spacial score (nSPS) is 22.8. The number of halogens is 3. The van der Waals surface area contributed by atoms with E-state index in [4.69, 9.17) is 5.73 Å². The second-order valence-corrected chi connectivity index (χ2v) is 8.77. The number of hydrogen-bond acceptors (Lipinski definition) is 2. The molecule has 0 bridgehead atoms. The van der Waals surface area contributed by atoms with E-state index >= 15 is 0 Å². The van der Waals surface area contributed by atoms with Crippen LogP contribution < -0.4 is 5.73 Å². The largest absolute Gasteiger partial charge is 0.369 e. The van der Waals surface area contributed by atoms with E-state index in [1.54, 1.807) is 17.0 Å². The van der Waals surface area contributed by atoms with Crippen molar-refractivity contribution in [3.63, 3.8) is 0 Å². The zero-order valence-corrected chi connectivity index (χ0v) is 17.2. The van der Waals surface area contributed by atoms with Gasteiger partial charge in [0.05, 0.1) is 17.1 Å². The molecule has 166 valence electrons. The maximum absolute atomic E-state index is 14.5. The topological polar surface area (TPSA) is 79.2 Å². The summed E-state index contributed by atoms with van der Waals surface area (Å²) in [5.74, 6) is -2.76. The lowest BCUT2D eigenvalue weighted by atomic mass is 9.69. The van der Waals surface area contributed by atoms with Gasteiger partial charge in [0.25, 0.3) is 0 Å². The standard InChI is InChI=1S/C24H22F3N3O2/c25-16-3-1-12(2-4-16)21-20(18-9-17(26)10-19(27)22(18)29-21)14-7-15(8-14)24(32)30-6-5-13(11-30)23(28)31/h1-4,9-10,13-15,29H,5-8,11H2,(H2,28,31)/t13-,14-,15-/m1/s1. The summed E-state index contributed by atoms with van der Waals surface area (Å²) in [5, 5.41) is 0.438. The fourth-order valence-corrected chi connectivity index (χ4v) is 5.01. The maximum Gasteiger partial charge on any atom is 0.225 e. The number of primary amides is 1. The molecule has 5 rings (SSSR count). The highest BCUT2D eigenvalue weighted by Gasteiger charge is 2.42. The van der Waals surface area contributed by atoms with Gasteiger partial charge >= 0.3 is 0 Å². The summed E-state index contributed by atoms with van der Waals surface area (Å²) in [6, 6.07) is 7.94. The minimum Gasteiger partial charge on any atom is -0.369 e. The Morgan fingerprint density at radius 1 is 1.00 bits per heavy atom. The molecule has 0 radical (unpaired) electrons. The summed E-state index contributed by atoms with van der Waals surface area (Å²) in [5.41, 5.74) is 7.57. The van der Waals surface area contributed by atoms with E-state index in [2.05, 4.69) is 4.98 Å². The average molecular weight is 441 g/mol. The molecule has 3 N–H and O–H groups in total. The number of amides is 2. The zero-order chi connectivity index (χ0) is 22.6. The van der Waals surface area contributed by atoms with Crippen molar-refractivity contribution in [2.24, 2.45) is 17.6 Å². The molecule has 2 heterocycles. The Kier molecular flexibility index (Phi) is 4.95. The molecular weight excluding hydrogens is 419 g/mol. The summed E-state index contributed by atoms with van der Waals surface area (Å²) >= 11 is 0. The lowest BCUT2D eigenvalue weighted by Crippen LogP contribution is -2.40. The predicted octanol–water partition coefficient (Wildman–Crippen LogP) is 4.08. The average Bonchev–Trinajstić information content (AvgIpc) is 3.34. The van der Waals surface area contributed by atoms with Gasteiger partial charge in [-0.1, -0.05) is 0 Å². The number of H-pyrrole nitrogens is 1. The van der Waals surface area contributed by atoms with Crippen molar-refractivity contribution in [3.05, 3.63) is 59.4 Å². The highest BCUT2D eigenvalue weighted by atomic mass is 19.1. The van der Waals surface area contributed by atoms with E-state index in [1.807, 2.05) is 0 Å². The molecular formula is C24H22F3N3O2. The van der Waals surface area contributed by atoms with E-state index in [1.165, 1.54) is 18.2 Å². The fraction of sp³-hybridized carbons (Fsp3) is 0.333. The van der Waals surface area contributed by atoms with Crippen LogP contribution in [0.1, 0.15) is 30.7 Å². The number of nitrogens with zero attached hydrogens (tertiary/aromatic N) is 1. The SMILES string of the molecule is NC(=O)[C@@H]1CCN(C(=O)[C@H]2C[C@H](c3c(-c4ccc(F)cc4)[nH]c4c(F)cc(F)cc43)C2)C1. The van der Waals surface area contributed by atoms with Crippen molar-refractivity contribution in [1.29, 1.82) is 0 Å². The molecule has 1 saturated heterocycles. The van der Waals surface area contributed by atoms with Crippen LogP contribution in [0.25, 0.3) is 22.2 Å². The minimum atomic E-state index is -0.698. The summed E-state index contributed by atoms with van der Waals surface area (Å²) in [6.07, 6.45) is 1.65. The van der Waals surface area contributed by atoms with E-state index in [-0.39, 0.29) is 29.2 Å². The molecule has 0 spiro atoms. The van der Waals surface area contributed by atoms with Gasteiger partial charge in [0.2, 0.25) is 11.8 Å². The van der Waals surface area contributed by atoms with Crippen molar-refractivity contribution in [1.82, 2.24) is 9.88 Å². The van der Waals surface area contributed by atoms with Crippen LogP contribution in [0.3, 0.4) is 0 Å². The van der Waals surface area contributed by atoms with Gasteiger partial charge in [0.1, 0.15) is 17.5 Å². The Hall–Kier alpha value is -3.29. The Labute approximate surface area is 182 Å². The predicted molar refractivity (Wildman–Crippen MR) is 113 cm³/mol. The molecule has 1 aliphatic carbocycles. The number of rotatable bonds is 4. The number of nitrogens with one attached hydrogen (secondary N) is 1. The molecule has 1 aliphatic heterocycles. The van der Waals surface area contributed by atoms with Crippen molar-refractivity contribution in [2.75, 3.05) is 13.1 Å². The first-order chi connectivity index (χ1) is 15.3. The first-order valence-electron chi connectivity index (χ1n) is 10.7. The van der Waals surface area contributed by atoms with Gasteiger partial charge in [0, 0.05) is 30.5 Å². The van der Waals surface area contributed by atoms with Crippen LogP contribution >= 0.6 is 0 Å². The Balaban J connectivity index is 1.44. The Morgan fingerprint density at radius 2 is 1.72 bits per heavy atom. The highest BCUT2D eigenvalue weighted by Crippen LogP contribution is 2.49. The molecule has 2 aromatic carbocycles. The second-order valence-electron chi connectivity index (χ2n) is 8.77. The van der Waals surface area contributed by atoms with Gasteiger partial charge in [0.15, 0.2) is 0 Å². The number of nitrogens with two attached hydrogens (primary N) is 1. The molecule has 5 nitrogen and oxygen atoms in total. The monoisotopic (exact) mass is 441 g/mol. The van der Waals surface area contributed by atoms with Gasteiger partial charge < -0.3 is 15.6 Å². The quantitative estimate of drug-likeness (QED) is 0.640. The van der Waals surface area contributed by atoms with Gasteiger partial charge in [-0.15, -0.1) is 0 Å². The third-order valence-corrected chi connectivity index (χ3v) is 6.80. The fourth-order valence-electron chi connectivity index (χ4n) is 5.01. The molecule has 2 amide bonds. The van der Waals surface area contributed by atoms with Crippen molar-refractivity contribution in [2.45, 2.75) is 25.2 Å². The molecule has 2 aliphatic rings. The Morgan fingerprint density at radius 3 is 2.38 bits per heavy atom. The number of carbonyl (C=O) groups is 2. The number of fused-ring (bicyclic) bond motifs is 1. The number of likely N-dealkylation sites (tertiary alicyclic amines) is 1. The van der Waals surface area contributed by atoms with E-state index < -0.39 is 23.4 Å². The third-order valence-electron chi connectivity index (χ3n) is 6.80. The van der Waals surface area contributed by atoms with Crippen LogP contribution in [0.5, 0.6) is 0 Å². The van der Waals surface area contributed by atoms with Crippen LogP contribution in [0, 0.1) is 29.3 Å². The van der Waals surface area contributed by atoms with Crippen LogP contribution in [0.15, 0.2) is 36.4 Å². The number of benzene rings is 2. The van der Waals surface area contributed by atoms with Crippen LogP contribution in [0.2, 0.25) is 0 Å². The number of hydrogen-bond donors (Lipinski definition) is 2. The molecule has 1 aromatic heterocycles. The summed E-state index contributed by atoms with van der Waals surface area (Å²) in [4.78, 5) is 29.0. The molecule has 2 fully saturated rings. The number of aromatic nitrogens is 1. The molecule has 8 heteroatoms. The second kappa shape index (κ2) is 7.69. The van der Waals surface area contributed by atoms with Gasteiger partial charge in [-0.05, 0) is 66.6 Å². The van der Waals surface area contributed by atoms with Crippen LogP contribution in [-0.2, 0) is 9.59 Å². The highest BCUT2D eigenvalue weighted by molar-refractivity contribution is 5.92. The number of carbonyl (C=O) groups excluding carboxylic acids is 2. The zero-order valence-electron chi connectivity index (χ0n) is 17.2. The van der Waals surface area contributed by atoms with Crippen molar-refractivity contribution in [3.8, 4) is 11.3 Å². The van der Waals surface area contributed by atoms with Gasteiger partial charge in [-0.3, -0.25) is 9.59 Å². The summed E-state index contributed by atoms with van der Waals surface area (Å²) < 4.78 is 42.0. The third kappa shape index (κ3) is 3.43. The van der Waals surface area contributed by atoms with E-state index in [0.29, 0.717) is 49.0 Å². The number of aromatic amines is 1. The van der Waals surface area contributed by atoms with Crippen LogP contribution in [0.4, 0.5) is 13.2 Å². The lowest BCUT2D eigenvalue weighted by Gasteiger charge is -2.37. The smallest absolute Gasteiger partial charge is 0.225 e. The van der Waals surface area contributed by atoms with E-state index in [0.717, 1.165) is 11.6 Å². The maximum atomic E-state index is 14.5. The molecule has 1 saturated carbocycles. The molecule has 0 unspecified atom stereocenters. The van der Waals surface area contributed by atoms with Gasteiger partial charge in [-0.2, -0.15) is 0 Å². The minimum absolute atomic E-state index is 0.00876. The van der Waals surface area contributed by atoms with Crippen LogP contribution in [-0.4, -0.2) is 34.8 Å². The first-order valence-corrected chi connectivity index (χ1v) is 10.7. The van der Waals surface area contributed by atoms with Crippen molar-refractivity contribution >= 4 is 22.7 Å². The van der Waals surface area contributed by atoms with Crippen molar-refractivity contribution < 1.29 is 22.8 Å². The molecule has 32 heavy (non-hydrogen) atoms. The lowest BCUT2D eigenvalue weighted by molar-refractivity contribution is -0.137.